The molecule has 438 valence electrons. The Hall–Kier alpha value is -11.1. The van der Waals surface area contributed by atoms with Crippen LogP contribution >= 0.6 is 0 Å². The Morgan fingerprint density at radius 1 is 0.370 bits per heavy atom. The van der Waals surface area contributed by atoms with Crippen molar-refractivity contribution in [1.29, 1.82) is 0 Å². The number of hydrogen-bond acceptors (Lipinski definition) is 3. The van der Waals surface area contributed by atoms with Gasteiger partial charge in [-0.25, -0.2) is 0 Å². The van der Waals surface area contributed by atoms with E-state index in [1.165, 1.54) is 82.4 Å². The first-order valence-electron chi connectivity index (χ1n) is 32.6. The highest BCUT2D eigenvalue weighted by atomic mass is 16.3. The summed E-state index contributed by atoms with van der Waals surface area (Å²) in [6.07, 6.45) is 2.90. The fourth-order valence-corrected chi connectivity index (χ4v) is 15.6. The predicted octanol–water partition coefficient (Wildman–Crippen LogP) is 21.5. The van der Waals surface area contributed by atoms with Gasteiger partial charge in [0.25, 0.3) is 6.71 Å². The molecule has 0 radical (unpaired) electrons. The molecule has 6 heteroatoms. The van der Waals surface area contributed by atoms with Gasteiger partial charge in [-0.2, -0.15) is 0 Å². The number of unbranched alkanes of at least 4 members (excludes halogenated alkanes) is 1. The maximum absolute atomic E-state index is 7.15. The molecule has 18 rings (SSSR count). The molecule has 0 fully saturated rings. The summed E-state index contributed by atoms with van der Waals surface area (Å²) in [6, 6.07) is 107. The number of fused-ring (bicyclic) bond motifs is 13. The second-order valence-electron chi connectivity index (χ2n) is 26.2. The van der Waals surface area contributed by atoms with Crippen LogP contribution in [-0.2, 0) is 11.8 Å². The van der Waals surface area contributed by atoms with Gasteiger partial charge in [-0.05, 0) is 153 Å². The fraction of sp³-hybridized carbons (Fsp3) is 0.0930. The topological polar surface area (TPSA) is 29.5 Å². The van der Waals surface area contributed by atoms with Crippen molar-refractivity contribution in [3.8, 4) is 44.8 Å². The largest absolute Gasteiger partial charge is 0.456 e. The Bertz CT molecular complexity index is 5470. The lowest BCUT2D eigenvalue weighted by Gasteiger charge is -2.46. The summed E-state index contributed by atoms with van der Waals surface area (Å²) in [5.74, 6) is 0. The summed E-state index contributed by atoms with van der Waals surface area (Å²) in [7, 11) is 0. The number of benzene rings is 13. The fourth-order valence-electron chi connectivity index (χ4n) is 15.6. The van der Waals surface area contributed by atoms with Gasteiger partial charge >= 0.3 is 0 Å². The maximum Gasteiger partial charge on any atom is 0.252 e. The van der Waals surface area contributed by atoms with E-state index in [4.69, 9.17) is 4.42 Å². The van der Waals surface area contributed by atoms with Gasteiger partial charge < -0.3 is 23.4 Å². The predicted molar refractivity (Wildman–Crippen MR) is 390 cm³/mol. The van der Waals surface area contributed by atoms with E-state index in [1.807, 2.05) is 0 Å². The molecule has 2 aliphatic rings. The van der Waals surface area contributed by atoms with Crippen LogP contribution in [0.2, 0.25) is 0 Å². The van der Waals surface area contributed by atoms with Crippen LogP contribution < -0.4 is 26.2 Å². The van der Waals surface area contributed by atoms with Crippen LogP contribution in [0.5, 0.6) is 0 Å². The molecule has 0 unspecified atom stereocenters. The maximum atomic E-state index is 7.15. The summed E-state index contributed by atoms with van der Waals surface area (Å²) >= 11 is 0. The highest BCUT2D eigenvalue weighted by Gasteiger charge is 2.46. The third kappa shape index (κ3) is 8.26. The Labute approximate surface area is 536 Å². The van der Waals surface area contributed by atoms with Crippen molar-refractivity contribution in [3.05, 3.63) is 296 Å². The van der Waals surface area contributed by atoms with Gasteiger partial charge in [-0.15, -0.1) is 0 Å². The first kappa shape index (κ1) is 53.9. The van der Waals surface area contributed by atoms with E-state index in [2.05, 4.69) is 332 Å². The molecule has 13 aromatic carbocycles. The lowest BCUT2D eigenvalue weighted by atomic mass is 9.33. The minimum absolute atomic E-state index is 0.191. The van der Waals surface area contributed by atoms with Crippen molar-refractivity contribution < 1.29 is 4.42 Å². The average molecular weight is 1180 g/mol. The zero-order chi connectivity index (χ0) is 61.3. The number of furan rings is 1. The van der Waals surface area contributed by atoms with E-state index < -0.39 is 0 Å². The minimum Gasteiger partial charge on any atom is -0.456 e. The molecule has 92 heavy (non-hydrogen) atoms. The normalized spacial score (nSPS) is 12.8. The molecular formula is C86H65BN4O. The van der Waals surface area contributed by atoms with E-state index >= 15 is 0 Å². The number of aryl methyl sites for hydroxylation is 1. The van der Waals surface area contributed by atoms with Crippen LogP contribution in [0.15, 0.2) is 290 Å². The van der Waals surface area contributed by atoms with Crippen molar-refractivity contribution in [2.75, 3.05) is 9.80 Å². The number of aromatic nitrogens is 2. The molecule has 2 aliphatic heterocycles. The van der Waals surface area contributed by atoms with Gasteiger partial charge in [0.1, 0.15) is 11.2 Å². The average Bonchev–Trinajstić information content (AvgIpc) is 0.844. The van der Waals surface area contributed by atoms with Crippen molar-refractivity contribution >= 4 is 123 Å². The summed E-state index contributed by atoms with van der Waals surface area (Å²) < 4.78 is 12.1. The van der Waals surface area contributed by atoms with Gasteiger partial charge in [-0.1, -0.05) is 228 Å². The molecule has 0 saturated heterocycles. The number of nitrogens with zero attached hydrogens (tertiary/aromatic N) is 4. The quantitative estimate of drug-likeness (QED) is 0.128. The van der Waals surface area contributed by atoms with Crippen LogP contribution in [0, 0.1) is 0 Å². The monoisotopic (exact) mass is 1180 g/mol. The smallest absolute Gasteiger partial charge is 0.252 e. The number of rotatable bonds is 10. The molecule has 0 saturated carbocycles. The van der Waals surface area contributed by atoms with E-state index in [9.17, 15) is 0 Å². The van der Waals surface area contributed by atoms with Crippen LogP contribution in [0.25, 0.3) is 110 Å². The van der Waals surface area contributed by atoms with Crippen molar-refractivity contribution in [2.24, 2.45) is 0 Å². The van der Waals surface area contributed by atoms with Crippen molar-refractivity contribution in [3.63, 3.8) is 0 Å². The standard InChI is InChI=1S/C86H65BN4O/c1-5-6-32-68-77(48-45-67-66-37-20-25-42-82(66)92-85(67)68)90-78-53-60(88-73-38-21-16-33-62(73)63-34-17-22-39-74(63)88)43-46-71(78)87-72-47-44-61(89-75-40-23-18-35-64(75)65-36-19-24-41-76(65)89)54-79(72)91(81-52-59(86(2,3)4)51-80(90)83(81)87)84-69(56-28-12-8-13-29-56)49-58(55-26-10-7-11-27-55)50-70(84)57-30-14-9-15-31-57/h7-31,33-54H,5-6,32H2,1-4H3. The number of para-hydroxylation sites is 5. The zero-order valence-corrected chi connectivity index (χ0v) is 52.0. The van der Waals surface area contributed by atoms with Crippen LogP contribution in [0.1, 0.15) is 51.7 Å². The second kappa shape index (κ2) is 21.0. The molecule has 5 nitrogen and oxygen atoms in total. The van der Waals surface area contributed by atoms with Crippen molar-refractivity contribution in [2.45, 2.75) is 52.4 Å². The lowest BCUT2D eigenvalue weighted by molar-refractivity contribution is 0.590. The van der Waals surface area contributed by atoms with Crippen molar-refractivity contribution in [1.82, 2.24) is 9.13 Å². The first-order valence-corrected chi connectivity index (χ1v) is 32.6. The van der Waals surface area contributed by atoms with Gasteiger partial charge in [0.15, 0.2) is 0 Å². The molecule has 16 aromatic rings. The SMILES string of the molecule is CCCCc1c(N2c3cc(-n4c5ccccc5c5ccccc54)ccc3B3c4ccc(-n5c6ccccc6c6ccccc65)cc4N(c4c(-c5ccccc5)cc(-c5ccccc5)cc4-c4ccccc4)c4cc(C(C)(C)C)cc2c43)ccc2c1oc1ccccc12. The summed E-state index contributed by atoms with van der Waals surface area (Å²) in [5, 5.41) is 7.23. The lowest BCUT2D eigenvalue weighted by Crippen LogP contribution is -2.61. The molecule has 0 atom stereocenters. The van der Waals surface area contributed by atoms with Crippen LogP contribution in [0.4, 0.5) is 34.1 Å². The zero-order valence-electron chi connectivity index (χ0n) is 52.0. The van der Waals surface area contributed by atoms with Crippen LogP contribution in [0.3, 0.4) is 0 Å². The Morgan fingerprint density at radius 3 is 1.32 bits per heavy atom. The molecule has 0 amide bonds. The van der Waals surface area contributed by atoms with Gasteiger partial charge in [0, 0.05) is 83.1 Å². The Balaban J connectivity index is 1.01. The summed E-state index contributed by atoms with van der Waals surface area (Å²) in [5.41, 5.74) is 28.5. The highest BCUT2D eigenvalue weighted by molar-refractivity contribution is 7.00. The van der Waals surface area contributed by atoms with E-state index in [1.54, 1.807) is 0 Å². The Morgan fingerprint density at radius 2 is 0.815 bits per heavy atom. The third-order valence-corrected chi connectivity index (χ3v) is 19.8. The molecule has 0 N–H and O–H groups in total. The molecule has 5 heterocycles. The van der Waals surface area contributed by atoms with Gasteiger partial charge in [0.05, 0.1) is 33.4 Å². The minimum atomic E-state index is -0.288. The molecule has 0 bridgehead atoms. The number of anilines is 6. The number of hydrogen-bond donors (Lipinski definition) is 0. The van der Waals surface area contributed by atoms with E-state index in [-0.39, 0.29) is 12.1 Å². The first-order chi connectivity index (χ1) is 45.3. The molecule has 0 spiro atoms. The van der Waals surface area contributed by atoms with E-state index in [0.717, 1.165) is 109 Å². The van der Waals surface area contributed by atoms with Gasteiger partial charge in [0.2, 0.25) is 0 Å². The van der Waals surface area contributed by atoms with Gasteiger partial charge in [-0.3, -0.25) is 0 Å². The molecule has 3 aromatic heterocycles. The highest BCUT2D eigenvalue weighted by Crippen LogP contribution is 2.54. The molecule has 0 aliphatic carbocycles. The van der Waals surface area contributed by atoms with E-state index in [0.29, 0.717) is 0 Å². The van der Waals surface area contributed by atoms with Crippen LogP contribution in [-0.4, -0.2) is 15.8 Å². The second-order valence-corrected chi connectivity index (χ2v) is 26.2. The summed E-state index contributed by atoms with van der Waals surface area (Å²) in [4.78, 5) is 5.37. The Kier molecular flexibility index (Phi) is 12.3. The summed E-state index contributed by atoms with van der Waals surface area (Å²) in [6.45, 7) is 9.26. The third-order valence-electron chi connectivity index (χ3n) is 19.8. The molecular weight excluding hydrogens is 1120 g/mol.